The van der Waals surface area contributed by atoms with Gasteiger partial charge in [0.25, 0.3) is 0 Å². The van der Waals surface area contributed by atoms with Gasteiger partial charge in [-0.25, -0.2) is 4.98 Å². The van der Waals surface area contributed by atoms with Crippen molar-refractivity contribution in [3.63, 3.8) is 0 Å². The summed E-state index contributed by atoms with van der Waals surface area (Å²) in [5.41, 5.74) is 1.69. The van der Waals surface area contributed by atoms with Gasteiger partial charge >= 0.3 is 0 Å². The van der Waals surface area contributed by atoms with Crippen molar-refractivity contribution in [2.75, 3.05) is 12.4 Å². The summed E-state index contributed by atoms with van der Waals surface area (Å²) in [4.78, 5) is 4.43. The number of benzene rings is 1. The highest BCUT2D eigenvalue weighted by atomic mass is 16.3. The smallest absolute Gasteiger partial charge is 0.219 e. The van der Waals surface area contributed by atoms with Gasteiger partial charge in [-0.1, -0.05) is 30.3 Å². The lowest BCUT2D eigenvalue weighted by atomic mass is 10.1. The van der Waals surface area contributed by atoms with E-state index in [1.165, 1.54) is 0 Å². The first kappa shape index (κ1) is 11.4. The van der Waals surface area contributed by atoms with Crippen molar-refractivity contribution in [3.8, 4) is 22.8 Å². The van der Waals surface area contributed by atoms with Crippen LogP contribution in [0.5, 0.6) is 0 Å². The van der Waals surface area contributed by atoms with Gasteiger partial charge in [0.1, 0.15) is 5.69 Å². The SMILES string of the molecule is CNc1nc(-c2ccco2)nnc1-c1ccccc1. The Kier molecular flexibility index (Phi) is 2.94. The molecule has 0 saturated carbocycles. The van der Waals surface area contributed by atoms with Gasteiger partial charge in [-0.05, 0) is 12.1 Å². The molecule has 2 aromatic heterocycles. The molecule has 1 aromatic carbocycles. The maximum Gasteiger partial charge on any atom is 0.219 e. The van der Waals surface area contributed by atoms with E-state index in [0.717, 1.165) is 11.3 Å². The molecule has 3 rings (SSSR count). The molecule has 0 amide bonds. The van der Waals surface area contributed by atoms with Crippen molar-refractivity contribution in [1.82, 2.24) is 15.2 Å². The molecule has 3 aromatic rings. The minimum Gasteiger partial charge on any atom is -0.461 e. The lowest BCUT2D eigenvalue weighted by molar-refractivity contribution is 0.576. The van der Waals surface area contributed by atoms with E-state index in [1.54, 1.807) is 18.4 Å². The second-order valence-corrected chi connectivity index (χ2v) is 3.93. The normalized spacial score (nSPS) is 10.4. The molecule has 94 valence electrons. The molecule has 0 aliphatic carbocycles. The van der Waals surface area contributed by atoms with Crippen LogP contribution in [0, 0.1) is 0 Å². The van der Waals surface area contributed by atoms with E-state index in [9.17, 15) is 0 Å². The third-order valence-electron chi connectivity index (χ3n) is 2.71. The maximum absolute atomic E-state index is 5.27. The van der Waals surface area contributed by atoms with Crippen LogP contribution in [0.3, 0.4) is 0 Å². The second-order valence-electron chi connectivity index (χ2n) is 3.93. The van der Waals surface area contributed by atoms with Gasteiger partial charge in [0.05, 0.1) is 6.26 Å². The summed E-state index contributed by atoms with van der Waals surface area (Å²) in [5.74, 6) is 1.74. The number of hydrogen-bond donors (Lipinski definition) is 1. The topological polar surface area (TPSA) is 63.8 Å². The van der Waals surface area contributed by atoms with E-state index in [-0.39, 0.29) is 0 Å². The Morgan fingerprint density at radius 2 is 1.84 bits per heavy atom. The third kappa shape index (κ3) is 2.18. The first-order valence-electron chi connectivity index (χ1n) is 5.90. The summed E-state index contributed by atoms with van der Waals surface area (Å²) >= 11 is 0. The van der Waals surface area contributed by atoms with Gasteiger partial charge in [-0.3, -0.25) is 0 Å². The highest BCUT2D eigenvalue weighted by Crippen LogP contribution is 2.25. The Morgan fingerprint density at radius 3 is 2.53 bits per heavy atom. The van der Waals surface area contributed by atoms with Crippen molar-refractivity contribution >= 4 is 5.82 Å². The predicted octanol–water partition coefficient (Wildman–Crippen LogP) is 2.84. The van der Waals surface area contributed by atoms with E-state index in [0.29, 0.717) is 17.4 Å². The molecule has 0 bridgehead atoms. The number of anilines is 1. The largest absolute Gasteiger partial charge is 0.461 e. The molecule has 0 fully saturated rings. The third-order valence-corrected chi connectivity index (χ3v) is 2.71. The van der Waals surface area contributed by atoms with Crippen molar-refractivity contribution in [1.29, 1.82) is 0 Å². The summed E-state index contributed by atoms with van der Waals surface area (Å²) in [6, 6.07) is 13.4. The van der Waals surface area contributed by atoms with E-state index in [1.807, 2.05) is 37.4 Å². The second kappa shape index (κ2) is 4.89. The van der Waals surface area contributed by atoms with Gasteiger partial charge in [-0.2, -0.15) is 0 Å². The first-order chi connectivity index (χ1) is 9.38. The lowest BCUT2D eigenvalue weighted by Crippen LogP contribution is -2.02. The summed E-state index contributed by atoms with van der Waals surface area (Å²) in [6.07, 6.45) is 1.59. The number of hydrogen-bond acceptors (Lipinski definition) is 5. The molecule has 1 N–H and O–H groups in total. The fraction of sp³-hybridized carbons (Fsp3) is 0.0714. The quantitative estimate of drug-likeness (QED) is 0.776. The number of rotatable bonds is 3. The van der Waals surface area contributed by atoms with Crippen LogP contribution in [0.1, 0.15) is 0 Å². The molecule has 0 radical (unpaired) electrons. The molecule has 5 nitrogen and oxygen atoms in total. The molecule has 5 heteroatoms. The van der Waals surface area contributed by atoms with Crippen LogP contribution < -0.4 is 5.32 Å². The van der Waals surface area contributed by atoms with E-state index < -0.39 is 0 Å². The van der Waals surface area contributed by atoms with E-state index in [2.05, 4.69) is 20.5 Å². The van der Waals surface area contributed by atoms with Crippen LogP contribution in [-0.2, 0) is 0 Å². The van der Waals surface area contributed by atoms with Crippen LogP contribution in [0.2, 0.25) is 0 Å². The Morgan fingerprint density at radius 1 is 1.00 bits per heavy atom. The standard InChI is InChI=1S/C14H12N4O/c1-15-14-12(10-6-3-2-4-7-10)17-18-13(16-14)11-8-5-9-19-11/h2-9H,1H3,(H,15,16,18). The van der Waals surface area contributed by atoms with Crippen molar-refractivity contribution < 1.29 is 4.42 Å². The number of nitrogens with zero attached hydrogens (tertiary/aromatic N) is 3. The Hall–Kier alpha value is -2.69. The average molecular weight is 252 g/mol. The molecule has 0 atom stereocenters. The Balaban J connectivity index is 2.08. The molecular formula is C14H12N4O. The lowest BCUT2D eigenvalue weighted by Gasteiger charge is -2.07. The molecular weight excluding hydrogens is 240 g/mol. The van der Waals surface area contributed by atoms with E-state index in [4.69, 9.17) is 4.42 Å². The van der Waals surface area contributed by atoms with Crippen LogP contribution in [0.15, 0.2) is 53.1 Å². The van der Waals surface area contributed by atoms with Gasteiger partial charge in [0.15, 0.2) is 11.6 Å². The fourth-order valence-electron chi connectivity index (χ4n) is 1.80. The molecule has 19 heavy (non-hydrogen) atoms. The molecule has 0 unspecified atom stereocenters. The molecule has 0 aliphatic heterocycles. The van der Waals surface area contributed by atoms with Crippen molar-refractivity contribution in [2.24, 2.45) is 0 Å². The molecule has 0 saturated heterocycles. The Labute approximate surface area is 110 Å². The minimum absolute atomic E-state index is 0.467. The predicted molar refractivity (Wildman–Crippen MR) is 72.5 cm³/mol. The number of furan rings is 1. The van der Waals surface area contributed by atoms with Gasteiger partial charge < -0.3 is 9.73 Å². The van der Waals surface area contributed by atoms with Gasteiger partial charge in [0, 0.05) is 12.6 Å². The number of nitrogens with one attached hydrogen (secondary N) is 1. The van der Waals surface area contributed by atoms with Crippen LogP contribution in [0.25, 0.3) is 22.8 Å². The zero-order valence-corrected chi connectivity index (χ0v) is 10.4. The molecule has 0 spiro atoms. The van der Waals surface area contributed by atoms with Crippen LogP contribution in [0.4, 0.5) is 5.82 Å². The fourth-order valence-corrected chi connectivity index (χ4v) is 1.80. The van der Waals surface area contributed by atoms with Gasteiger partial charge in [-0.15, -0.1) is 10.2 Å². The van der Waals surface area contributed by atoms with Crippen LogP contribution >= 0.6 is 0 Å². The number of aromatic nitrogens is 3. The molecule has 2 heterocycles. The van der Waals surface area contributed by atoms with Gasteiger partial charge in [0.2, 0.25) is 5.82 Å². The maximum atomic E-state index is 5.27. The minimum atomic E-state index is 0.467. The van der Waals surface area contributed by atoms with Crippen LogP contribution in [-0.4, -0.2) is 22.2 Å². The summed E-state index contributed by atoms with van der Waals surface area (Å²) < 4.78 is 5.27. The first-order valence-corrected chi connectivity index (χ1v) is 5.90. The monoisotopic (exact) mass is 252 g/mol. The zero-order valence-electron chi connectivity index (χ0n) is 10.4. The summed E-state index contributed by atoms with van der Waals surface area (Å²) in [5, 5.41) is 11.4. The van der Waals surface area contributed by atoms with Crippen molar-refractivity contribution in [3.05, 3.63) is 48.7 Å². The highest BCUT2D eigenvalue weighted by Gasteiger charge is 2.12. The summed E-state index contributed by atoms with van der Waals surface area (Å²) in [6.45, 7) is 0. The molecule has 0 aliphatic rings. The Bertz CT molecular complexity index is 665. The van der Waals surface area contributed by atoms with Crippen molar-refractivity contribution in [2.45, 2.75) is 0 Å². The average Bonchev–Trinajstić information content (AvgIpc) is 3.02. The zero-order chi connectivity index (χ0) is 13.1. The highest BCUT2D eigenvalue weighted by molar-refractivity contribution is 5.71. The van der Waals surface area contributed by atoms with E-state index >= 15 is 0 Å². The summed E-state index contributed by atoms with van der Waals surface area (Å²) in [7, 11) is 1.81.